The summed E-state index contributed by atoms with van der Waals surface area (Å²) in [5.41, 5.74) is 1.89. The van der Waals surface area contributed by atoms with Crippen molar-refractivity contribution in [3.8, 4) is 17.1 Å². The van der Waals surface area contributed by atoms with Crippen molar-refractivity contribution in [3.05, 3.63) is 48.5 Å². The maximum absolute atomic E-state index is 5.25. The Labute approximate surface area is 117 Å². The highest BCUT2D eigenvalue weighted by molar-refractivity contribution is 5.91. The summed E-state index contributed by atoms with van der Waals surface area (Å²) < 4.78 is 5.25. The molecule has 0 amide bonds. The Morgan fingerprint density at radius 2 is 1.80 bits per heavy atom. The van der Waals surface area contributed by atoms with Gasteiger partial charge < -0.3 is 10.1 Å². The molecule has 4 nitrogen and oxygen atoms in total. The number of ether oxygens (including phenoxy) is 1. The first-order valence-corrected chi connectivity index (χ1v) is 6.41. The molecule has 0 saturated carbocycles. The molecule has 0 unspecified atom stereocenters. The van der Waals surface area contributed by atoms with Gasteiger partial charge >= 0.3 is 0 Å². The van der Waals surface area contributed by atoms with Gasteiger partial charge in [0.2, 0.25) is 0 Å². The van der Waals surface area contributed by atoms with E-state index in [0.29, 0.717) is 5.82 Å². The lowest BCUT2D eigenvalue weighted by molar-refractivity contribution is 0.415. The van der Waals surface area contributed by atoms with Gasteiger partial charge in [0.15, 0.2) is 5.82 Å². The van der Waals surface area contributed by atoms with Crippen LogP contribution in [0.25, 0.3) is 22.3 Å². The molecule has 3 rings (SSSR count). The van der Waals surface area contributed by atoms with Gasteiger partial charge in [0.05, 0.1) is 12.6 Å². The number of benzene rings is 2. The van der Waals surface area contributed by atoms with E-state index in [4.69, 9.17) is 4.74 Å². The molecule has 4 heteroatoms. The molecule has 0 saturated heterocycles. The quantitative estimate of drug-likeness (QED) is 0.789. The molecule has 0 radical (unpaired) electrons. The number of nitrogens with zero attached hydrogens (tertiary/aromatic N) is 2. The Balaban J connectivity index is 2.22. The van der Waals surface area contributed by atoms with Crippen molar-refractivity contribution in [2.75, 3.05) is 19.5 Å². The van der Waals surface area contributed by atoms with Gasteiger partial charge in [-0.15, -0.1) is 0 Å². The van der Waals surface area contributed by atoms with Crippen LogP contribution in [0.1, 0.15) is 0 Å². The zero-order chi connectivity index (χ0) is 13.9. The van der Waals surface area contributed by atoms with E-state index >= 15 is 0 Å². The third-order valence-electron chi connectivity index (χ3n) is 3.17. The second kappa shape index (κ2) is 5.17. The molecule has 0 bridgehead atoms. The topological polar surface area (TPSA) is 47.0 Å². The number of methoxy groups -OCH3 is 1. The van der Waals surface area contributed by atoms with Gasteiger partial charge in [-0.1, -0.05) is 30.3 Å². The molecule has 0 aliphatic heterocycles. The van der Waals surface area contributed by atoms with E-state index in [1.165, 1.54) is 0 Å². The second-order valence-electron chi connectivity index (χ2n) is 4.39. The molecule has 100 valence electrons. The Morgan fingerprint density at radius 1 is 1.00 bits per heavy atom. The summed E-state index contributed by atoms with van der Waals surface area (Å²) in [6, 6.07) is 15.7. The van der Waals surface area contributed by atoms with Crippen LogP contribution in [0, 0.1) is 0 Å². The molecule has 1 N–H and O–H groups in total. The number of aromatic nitrogens is 2. The molecule has 0 fully saturated rings. The number of rotatable bonds is 3. The summed E-state index contributed by atoms with van der Waals surface area (Å²) in [5.74, 6) is 2.31. The van der Waals surface area contributed by atoms with E-state index in [0.717, 1.165) is 28.0 Å². The van der Waals surface area contributed by atoms with Crippen molar-refractivity contribution in [3.63, 3.8) is 0 Å². The van der Waals surface area contributed by atoms with Crippen LogP contribution >= 0.6 is 0 Å². The lowest BCUT2D eigenvalue weighted by Crippen LogP contribution is -1.99. The third-order valence-corrected chi connectivity index (χ3v) is 3.17. The largest absolute Gasteiger partial charge is 0.497 e. The molecule has 3 aromatic rings. The first kappa shape index (κ1) is 12.4. The maximum atomic E-state index is 5.25. The van der Waals surface area contributed by atoms with Crippen LogP contribution in [0.3, 0.4) is 0 Å². The van der Waals surface area contributed by atoms with Crippen molar-refractivity contribution >= 4 is 16.7 Å². The van der Waals surface area contributed by atoms with Crippen LogP contribution in [0.2, 0.25) is 0 Å². The smallest absolute Gasteiger partial charge is 0.162 e. The molecule has 0 spiro atoms. The average molecular weight is 265 g/mol. The van der Waals surface area contributed by atoms with Gasteiger partial charge in [0.25, 0.3) is 0 Å². The van der Waals surface area contributed by atoms with Gasteiger partial charge in [0.1, 0.15) is 11.6 Å². The third kappa shape index (κ3) is 2.16. The SMILES string of the molecule is CNc1nc(-c2ccccc2)nc2ccc(OC)cc12. The van der Waals surface area contributed by atoms with E-state index in [2.05, 4.69) is 15.3 Å². The zero-order valence-corrected chi connectivity index (χ0v) is 11.4. The minimum Gasteiger partial charge on any atom is -0.497 e. The fraction of sp³-hybridized carbons (Fsp3) is 0.125. The maximum Gasteiger partial charge on any atom is 0.162 e. The Bertz CT molecular complexity index is 741. The van der Waals surface area contributed by atoms with Gasteiger partial charge in [0, 0.05) is 18.0 Å². The molecule has 2 aromatic carbocycles. The van der Waals surface area contributed by atoms with Crippen LogP contribution < -0.4 is 10.1 Å². The van der Waals surface area contributed by atoms with Crippen molar-refractivity contribution in [2.24, 2.45) is 0 Å². The molecular weight excluding hydrogens is 250 g/mol. The molecule has 1 heterocycles. The lowest BCUT2D eigenvalue weighted by atomic mass is 10.2. The van der Waals surface area contributed by atoms with Crippen LogP contribution in [0.15, 0.2) is 48.5 Å². The van der Waals surface area contributed by atoms with Gasteiger partial charge in [-0.2, -0.15) is 0 Å². The number of hydrogen-bond acceptors (Lipinski definition) is 4. The highest BCUT2D eigenvalue weighted by Gasteiger charge is 2.09. The summed E-state index contributed by atoms with van der Waals surface area (Å²) in [7, 11) is 3.51. The Kier molecular flexibility index (Phi) is 3.21. The Morgan fingerprint density at radius 3 is 2.50 bits per heavy atom. The molecular formula is C16H15N3O. The first-order valence-electron chi connectivity index (χ1n) is 6.41. The molecule has 0 atom stereocenters. The van der Waals surface area contributed by atoms with Crippen LogP contribution in [0.5, 0.6) is 5.75 Å². The first-order chi connectivity index (χ1) is 9.81. The summed E-state index contributed by atoms with van der Waals surface area (Å²) in [6.45, 7) is 0. The minimum atomic E-state index is 0.715. The van der Waals surface area contributed by atoms with Gasteiger partial charge in [-0.3, -0.25) is 0 Å². The number of hydrogen-bond donors (Lipinski definition) is 1. The van der Waals surface area contributed by atoms with E-state index in [1.807, 2.05) is 55.6 Å². The van der Waals surface area contributed by atoms with Crippen molar-refractivity contribution < 1.29 is 4.74 Å². The van der Waals surface area contributed by atoms with Crippen molar-refractivity contribution in [1.29, 1.82) is 0 Å². The highest BCUT2D eigenvalue weighted by Crippen LogP contribution is 2.27. The predicted molar refractivity (Wildman–Crippen MR) is 81.1 cm³/mol. The summed E-state index contributed by atoms with van der Waals surface area (Å²) >= 11 is 0. The number of fused-ring (bicyclic) bond motifs is 1. The zero-order valence-electron chi connectivity index (χ0n) is 11.4. The normalized spacial score (nSPS) is 10.5. The lowest BCUT2D eigenvalue weighted by Gasteiger charge is -2.09. The molecule has 0 aliphatic carbocycles. The fourth-order valence-corrected chi connectivity index (χ4v) is 2.14. The Hall–Kier alpha value is -2.62. The highest BCUT2D eigenvalue weighted by atomic mass is 16.5. The van der Waals surface area contributed by atoms with Crippen molar-refractivity contribution in [1.82, 2.24) is 9.97 Å². The summed E-state index contributed by atoms with van der Waals surface area (Å²) in [4.78, 5) is 9.21. The standard InChI is InChI=1S/C16H15N3O/c1-17-16-13-10-12(20-2)8-9-14(13)18-15(19-16)11-6-4-3-5-7-11/h3-10H,1-2H3,(H,17,18,19). The van der Waals surface area contributed by atoms with Crippen LogP contribution in [0.4, 0.5) is 5.82 Å². The molecule has 20 heavy (non-hydrogen) atoms. The molecule has 0 aliphatic rings. The van der Waals surface area contributed by atoms with Crippen LogP contribution in [-0.2, 0) is 0 Å². The second-order valence-corrected chi connectivity index (χ2v) is 4.39. The fourth-order valence-electron chi connectivity index (χ4n) is 2.14. The predicted octanol–water partition coefficient (Wildman–Crippen LogP) is 3.35. The monoisotopic (exact) mass is 265 g/mol. The number of nitrogens with one attached hydrogen (secondary N) is 1. The summed E-state index contributed by atoms with van der Waals surface area (Å²) in [5, 5.41) is 4.08. The average Bonchev–Trinajstić information content (AvgIpc) is 2.54. The molecule has 1 aromatic heterocycles. The van der Waals surface area contributed by atoms with E-state index in [-0.39, 0.29) is 0 Å². The number of anilines is 1. The van der Waals surface area contributed by atoms with Crippen LogP contribution in [-0.4, -0.2) is 24.1 Å². The van der Waals surface area contributed by atoms with E-state index in [1.54, 1.807) is 7.11 Å². The summed E-state index contributed by atoms with van der Waals surface area (Å²) in [6.07, 6.45) is 0. The van der Waals surface area contributed by atoms with E-state index < -0.39 is 0 Å². The van der Waals surface area contributed by atoms with Gasteiger partial charge in [-0.25, -0.2) is 9.97 Å². The van der Waals surface area contributed by atoms with Gasteiger partial charge in [-0.05, 0) is 18.2 Å². The van der Waals surface area contributed by atoms with Crippen molar-refractivity contribution in [2.45, 2.75) is 0 Å². The minimum absolute atomic E-state index is 0.715. The van der Waals surface area contributed by atoms with E-state index in [9.17, 15) is 0 Å².